The van der Waals surface area contributed by atoms with Crippen molar-refractivity contribution < 1.29 is 9.53 Å². The second-order valence-corrected chi connectivity index (χ2v) is 7.24. The fourth-order valence-corrected chi connectivity index (χ4v) is 2.86. The Hall–Kier alpha value is -2.33. The van der Waals surface area contributed by atoms with E-state index in [4.69, 9.17) is 16.3 Å². The molecule has 0 aliphatic carbocycles. The lowest BCUT2D eigenvalue weighted by atomic mass is 10.1. The van der Waals surface area contributed by atoms with Gasteiger partial charge in [-0.1, -0.05) is 74.9 Å². The van der Waals surface area contributed by atoms with E-state index in [2.05, 4.69) is 17.5 Å². The molecule has 1 N–H and O–H groups in total. The van der Waals surface area contributed by atoms with Crippen molar-refractivity contribution in [2.24, 2.45) is 5.10 Å². The number of halogens is 1. The molecule has 0 saturated carbocycles. The molecule has 0 fully saturated rings. The number of carbonyl (C=O) groups is 1. The van der Waals surface area contributed by atoms with E-state index in [-0.39, 0.29) is 5.91 Å². The molecule has 0 atom stereocenters. The summed E-state index contributed by atoms with van der Waals surface area (Å²) in [6.07, 6.45) is 9.15. The zero-order valence-electron chi connectivity index (χ0n) is 16.5. The van der Waals surface area contributed by atoms with Crippen LogP contribution in [0.15, 0.2) is 53.6 Å². The molecule has 0 radical (unpaired) electrons. The lowest BCUT2D eigenvalue weighted by Crippen LogP contribution is -2.16. The molecule has 0 aliphatic rings. The van der Waals surface area contributed by atoms with Crippen LogP contribution >= 0.6 is 11.6 Å². The number of amides is 1. The zero-order valence-corrected chi connectivity index (χ0v) is 17.3. The Morgan fingerprint density at radius 3 is 2.61 bits per heavy atom. The number of hydrazone groups is 1. The van der Waals surface area contributed by atoms with E-state index in [1.807, 2.05) is 48.5 Å². The topological polar surface area (TPSA) is 50.7 Å². The van der Waals surface area contributed by atoms with Crippen molar-refractivity contribution in [3.8, 4) is 5.75 Å². The molecule has 0 saturated heterocycles. The predicted octanol–water partition coefficient (Wildman–Crippen LogP) is 6.12. The van der Waals surface area contributed by atoms with Gasteiger partial charge >= 0.3 is 0 Å². The normalized spacial score (nSPS) is 10.9. The monoisotopic (exact) mass is 400 g/mol. The molecular weight excluding hydrogens is 372 g/mol. The standard InChI is InChI=1S/C23H29ClN2O2/c1-2-3-4-5-6-7-11-23(27)26-25-17-20-9-8-10-22(16-20)28-18-19-12-14-21(24)15-13-19/h8-10,12-17H,2-7,11,18H2,1H3,(H,26,27). The van der Waals surface area contributed by atoms with Gasteiger partial charge in [0, 0.05) is 11.4 Å². The van der Waals surface area contributed by atoms with Crippen LogP contribution < -0.4 is 10.2 Å². The van der Waals surface area contributed by atoms with Crippen LogP contribution in [-0.4, -0.2) is 12.1 Å². The summed E-state index contributed by atoms with van der Waals surface area (Å²) in [5, 5.41) is 4.75. The third-order valence-electron chi connectivity index (χ3n) is 4.34. The van der Waals surface area contributed by atoms with E-state index in [9.17, 15) is 4.79 Å². The smallest absolute Gasteiger partial charge is 0.240 e. The summed E-state index contributed by atoms with van der Waals surface area (Å²) in [6.45, 7) is 2.67. The van der Waals surface area contributed by atoms with E-state index in [1.165, 1.54) is 25.7 Å². The summed E-state index contributed by atoms with van der Waals surface area (Å²) in [7, 11) is 0. The van der Waals surface area contributed by atoms with Gasteiger partial charge in [-0.2, -0.15) is 5.10 Å². The van der Waals surface area contributed by atoms with Crippen molar-refractivity contribution in [3.63, 3.8) is 0 Å². The van der Waals surface area contributed by atoms with Gasteiger partial charge in [-0.3, -0.25) is 4.79 Å². The van der Waals surface area contributed by atoms with Crippen molar-refractivity contribution in [1.82, 2.24) is 5.43 Å². The summed E-state index contributed by atoms with van der Waals surface area (Å²) >= 11 is 5.89. The van der Waals surface area contributed by atoms with E-state index in [0.717, 1.165) is 29.7 Å². The molecule has 150 valence electrons. The Bertz CT molecular complexity index is 745. The Morgan fingerprint density at radius 1 is 1.07 bits per heavy atom. The van der Waals surface area contributed by atoms with Crippen molar-refractivity contribution in [2.75, 3.05) is 0 Å². The molecule has 2 aromatic rings. The van der Waals surface area contributed by atoms with E-state index in [1.54, 1.807) is 6.21 Å². The van der Waals surface area contributed by atoms with Crippen LogP contribution in [-0.2, 0) is 11.4 Å². The van der Waals surface area contributed by atoms with Crippen LogP contribution in [0.4, 0.5) is 0 Å². The van der Waals surface area contributed by atoms with Crippen LogP contribution in [0, 0.1) is 0 Å². The van der Waals surface area contributed by atoms with Gasteiger partial charge in [0.1, 0.15) is 12.4 Å². The lowest BCUT2D eigenvalue weighted by Gasteiger charge is -2.07. The van der Waals surface area contributed by atoms with Gasteiger partial charge in [0.15, 0.2) is 0 Å². The number of hydrogen-bond donors (Lipinski definition) is 1. The summed E-state index contributed by atoms with van der Waals surface area (Å²) in [5.74, 6) is 0.708. The van der Waals surface area contributed by atoms with Gasteiger partial charge in [0.05, 0.1) is 6.21 Å². The number of benzene rings is 2. The number of rotatable bonds is 12. The Kier molecular flexibility index (Phi) is 10.2. The Labute approximate surface area is 172 Å². The third-order valence-corrected chi connectivity index (χ3v) is 4.59. The largest absolute Gasteiger partial charge is 0.489 e. The molecule has 4 nitrogen and oxygen atoms in total. The summed E-state index contributed by atoms with van der Waals surface area (Å²) < 4.78 is 5.80. The van der Waals surface area contributed by atoms with Crippen LogP contribution in [0.3, 0.4) is 0 Å². The predicted molar refractivity (Wildman–Crippen MR) is 116 cm³/mol. The van der Waals surface area contributed by atoms with Crippen molar-refractivity contribution in [2.45, 2.75) is 58.5 Å². The van der Waals surface area contributed by atoms with E-state index >= 15 is 0 Å². The number of ether oxygens (including phenoxy) is 1. The Balaban J connectivity index is 1.71. The highest BCUT2D eigenvalue weighted by molar-refractivity contribution is 6.30. The van der Waals surface area contributed by atoms with Gasteiger partial charge in [0.2, 0.25) is 5.91 Å². The molecule has 28 heavy (non-hydrogen) atoms. The number of nitrogens with one attached hydrogen (secondary N) is 1. The molecule has 5 heteroatoms. The van der Waals surface area contributed by atoms with Gasteiger partial charge in [0.25, 0.3) is 0 Å². The average Bonchev–Trinajstić information content (AvgIpc) is 2.70. The highest BCUT2D eigenvalue weighted by Crippen LogP contribution is 2.16. The van der Waals surface area contributed by atoms with Crippen LogP contribution in [0.2, 0.25) is 5.02 Å². The number of carbonyl (C=O) groups excluding carboxylic acids is 1. The molecule has 2 rings (SSSR count). The fraction of sp³-hybridized carbons (Fsp3) is 0.391. The van der Waals surface area contributed by atoms with Crippen molar-refractivity contribution in [1.29, 1.82) is 0 Å². The minimum atomic E-state index is -0.0399. The van der Waals surface area contributed by atoms with Crippen LogP contribution in [0.1, 0.15) is 63.0 Å². The molecule has 0 bridgehead atoms. The lowest BCUT2D eigenvalue weighted by molar-refractivity contribution is -0.121. The fourth-order valence-electron chi connectivity index (χ4n) is 2.73. The molecule has 0 aliphatic heterocycles. The second-order valence-electron chi connectivity index (χ2n) is 6.80. The van der Waals surface area contributed by atoms with Gasteiger partial charge in [-0.25, -0.2) is 5.43 Å². The summed E-state index contributed by atoms with van der Waals surface area (Å²) in [6, 6.07) is 15.2. The van der Waals surface area contributed by atoms with Gasteiger partial charge in [-0.05, 0) is 41.8 Å². The first-order valence-corrected chi connectivity index (χ1v) is 10.3. The first kappa shape index (κ1) is 22.0. The SMILES string of the molecule is CCCCCCCCC(=O)NN=Cc1cccc(OCc2ccc(Cl)cc2)c1. The van der Waals surface area contributed by atoms with E-state index < -0.39 is 0 Å². The summed E-state index contributed by atoms with van der Waals surface area (Å²) in [5.41, 5.74) is 4.51. The maximum Gasteiger partial charge on any atom is 0.240 e. The molecule has 0 heterocycles. The van der Waals surface area contributed by atoms with E-state index in [0.29, 0.717) is 18.1 Å². The summed E-state index contributed by atoms with van der Waals surface area (Å²) in [4.78, 5) is 11.8. The number of nitrogens with zero attached hydrogens (tertiary/aromatic N) is 1. The Morgan fingerprint density at radius 2 is 1.82 bits per heavy atom. The first-order chi connectivity index (χ1) is 13.7. The van der Waals surface area contributed by atoms with Crippen LogP contribution in [0.25, 0.3) is 0 Å². The van der Waals surface area contributed by atoms with Crippen molar-refractivity contribution >= 4 is 23.7 Å². The average molecular weight is 401 g/mol. The zero-order chi connectivity index (χ0) is 20.0. The molecule has 0 aromatic heterocycles. The number of hydrogen-bond acceptors (Lipinski definition) is 3. The highest BCUT2D eigenvalue weighted by atomic mass is 35.5. The van der Waals surface area contributed by atoms with Crippen molar-refractivity contribution in [3.05, 3.63) is 64.7 Å². The minimum Gasteiger partial charge on any atom is -0.489 e. The maximum atomic E-state index is 11.8. The maximum absolute atomic E-state index is 11.8. The molecule has 1 amide bonds. The van der Waals surface area contributed by atoms with Gasteiger partial charge in [-0.15, -0.1) is 0 Å². The molecule has 2 aromatic carbocycles. The van der Waals surface area contributed by atoms with Crippen LogP contribution in [0.5, 0.6) is 5.75 Å². The third kappa shape index (κ3) is 9.05. The molecule has 0 spiro atoms. The molecule has 0 unspecified atom stereocenters. The second kappa shape index (κ2) is 12.9. The number of unbranched alkanes of at least 4 members (excludes halogenated alkanes) is 5. The van der Waals surface area contributed by atoms with Gasteiger partial charge < -0.3 is 4.74 Å². The quantitative estimate of drug-likeness (QED) is 0.265. The highest BCUT2D eigenvalue weighted by Gasteiger charge is 2.00. The molecular formula is C23H29ClN2O2. The first-order valence-electron chi connectivity index (χ1n) is 9.96. The minimum absolute atomic E-state index is 0.0399.